The predicted molar refractivity (Wildman–Crippen MR) is 87.1 cm³/mol. The molecule has 0 fully saturated rings. The SMILES string of the molecule is Cc1ccc(Cl)cc1NC(=O)c1cc2ccccc2n1C. The number of hydrogen-bond acceptors (Lipinski definition) is 1. The average Bonchev–Trinajstić information content (AvgIpc) is 2.81. The Labute approximate surface area is 128 Å². The zero-order chi connectivity index (χ0) is 15.0. The summed E-state index contributed by atoms with van der Waals surface area (Å²) in [5, 5.41) is 4.58. The Morgan fingerprint density at radius 1 is 1.14 bits per heavy atom. The van der Waals surface area contributed by atoms with Crippen molar-refractivity contribution < 1.29 is 4.79 Å². The number of aryl methyl sites for hydroxylation is 2. The van der Waals surface area contributed by atoms with Gasteiger partial charge in [-0.3, -0.25) is 4.79 Å². The summed E-state index contributed by atoms with van der Waals surface area (Å²) in [7, 11) is 1.89. The van der Waals surface area contributed by atoms with Crippen LogP contribution in [0.25, 0.3) is 10.9 Å². The van der Waals surface area contributed by atoms with Crippen molar-refractivity contribution in [2.24, 2.45) is 7.05 Å². The van der Waals surface area contributed by atoms with Crippen LogP contribution >= 0.6 is 11.6 Å². The van der Waals surface area contributed by atoms with E-state index >= 15 is 0 Å². The summed E-state index contributed by atoms with van der Waals surface area (Å²) in [6.45, 7) is 1.94. The largest absolute Gasteiger partial charge is 0.340 e. The molecule has 4 heteroatoms. The number of halogens is 1. The lowest BCUT2D eigenvalue weighted by Crippen LogP contribution is -2.16. The van der Waals surface area contributed by atoms with Gasteiger partial charge in [-0.2, -0.15) is 0 Å². The quantitative estimate of drug-likeness (QED) is 0.748. The molecule has 0 bridgehead atoms. The van der Waals surface area contributed by atoms with Crippen molar-refractivity contribution in [2.45, 2.75) is 6.92 Å². The average molecular weight is 299 g/mol. The molecule has 0 atom stereocenters. The van der Waals surface area contributed by atoms with Crippen molar-refractivity contribution >= 4 is 34.1 Å². The van der Waals surface area contributed by atoms with Crippen LogP contribution in [0.3, 0.4) is 0 Å². The Morgan fingerprint density at radius 3 is 2.67 bits per heavy atom. The summed E-state index contributed by atoms with van der Waals surface area (Å²) in [5.74, 6) is -0.140. The van der Waals surface area contributed by atoms with Crippen molar-refractivity contribution in [1.29, 1.82) is 0 Å². The van der Waals surface area contributed by atoms with Gasteiger partial charge in [-0.05, 0) is 36.8 Å². The van der Waals surface area contributed by atoms with E-state index in [9.17, 15) is 4.79 Å². The molecule has 1 aromatic heterocycles. The van der Waals surface area contributed by atoms with Crippen LogP contribution in [0, 0.1) is 6.92 Å². The first-order chi connectivity index (χ1) is 10.1. The number of para-hydroxylation sites is 1. The van der Waals surface area contributed by atoms with E-state index in [-0.39, 0.29) is 5.91 Å². The highest BCUT2D eigenvalue weighted by Crippen LogP contribution is 2.23. The Morgan fingerprint density at radius 2 is 1.90 bits per heavy atom. The molecule has 3 nitrogen and oxygen atoms in total. The molecule has 21 heavy (non-hydrogen) atoms. The normalized spacial score (nSPS) is 10.8. The van der Waals surface area contributed by atoms with Gasteiger partial charge in [-0.1, -0.05) is 35.9 Å². The van der Waals surface area contributed by atoms with Crippen LogP contribution in [0.15, 0.2) is 48.5 Å². The smallest absolute Gasteiger partial charge is 0.272 e. The maximum Gasteiger partial charge on any atom is 0.272 e. The Balaban J connectivity index is 1.97. The van der Waals surface area contributed by atoms with Crippen molar-refractivity contribution in [2.75, 3.05) is 5.32 Å². The zero-order valence-electron chi connectivity index (χ0n) is 11.9. The molecule has 0 saturated heterocycles. The molecule has 0 saturated carbocycles. The Bertz CT molecular complexity index is 836. The monoisotopic (exact) mass is 298 g/mol. The molecule has 0 spiro atoms. The molecular formula is C17H15ClN2O. The topological polar surface area (TPSA) is 34.0 Å². The van der Waals surface area contributed by atoms with Gasteiger partial charge in [0.1, 0.15) is 5.69 Å². The van der Waals surface area contributed by atoms with Crippen LogP contribution in [-0.2, 0) is 7.05 Å². The fourth-order valence-corrected chi connectivity index (χ4v) is 2.59. The van der Waals surface area contributed by atoms with E-state index in [1.165, 1.54) is 0 Å². The number of fused-ring (bicyclic) bond motifs is 1. The third-order valence-corrected chi connectivity index (χ3v) is 3.87. The molecule has 0 aliphatic carbocycles. The number of hydrogen-bond donors (Lipinski definition) is 1. The molecule has 2 aromatic carbocycles. The number of nitrogens with zero attached hydrogens (tertiary/aromatic N) is 1. The summed E-state index contributed by atoms with van der Waals surface area (Å²) < 4.78 is 1.89. The molecule has 0 aliphatic heterocycles. The standard InChI is InChI=1S/C17H15ClN2O/c1-11-7-8-13(18)10-14(11)19-17(21)16-9-12-5-3-4-6-15(12)20(16)2/h3-10H,1-2H3,(H,19,21). The zero-order valence-corrected chi connectivity index (χ0v) is 12.6. The number of nitrogens with one attached hydrogen (secondary N) is 1. The van der Waals surface area contributed by atoms with Crippen LogP contribution in [0.1, 0.15) is 16.1 Å². The van der Waals surface area contributed by atoms with Gasteiger partial charge < -0.3 is 9.88 Å². The minimum absolute atomic E-state index is 0.140. The minimum atomic E-state index is -0.140. The molecule has 1 amide bonds. The molecule has 1 N–H and O–H groups in total. The van der Waals surface area contributed by atoms with E-state index in [2.05, 4.69) is 5.32 Å². The second-order valence-electron chi connectivity index (χ2n) is 5.06. The molecule has 3 rings (SSSR count). The first-order valence-corrected chi connectivity index (χ1v) is 7.06. The number of anilines is 1. The van der Waals surface area contributed by atoms with Crippen molar-refractivity contribution in [3.8, 4) is 0 Å². The van der Waals surface area contributed by atoms with E-state index in [1.807, 2.05) is 61.0 Å². The maximum absolute atomic E-state index is 12.5. The van der Waals surface area contributed by atoms with Crippen LogP contribution in [0.4, 0.5) is 5.69 Å². The van der Waals surface area contributed by atoms with Crippen LogP contribution < -0.4 is 5.32 Å². The van der Waals surface area contributed by atoms with Gasteiger partial charge in [-0.25, -0.2) is 0 Å². The highest BCUT2D eigenvalue weighted by Gasteiger charge is 2.14. The summed E-state index contributed by atoms with van der Waals surface area (Å²) >= 11 is 5.99. The number of carbonyl (C=O) groups is 1. The number of amides is 1. The lowest BCUT2D eigenvalue weighted by Gasteiger charge is -2.09. The molecule has 0 unspecified atom stereocenters. The van der Waals surface area contributed by atoms with Crippen LogP contribution in [0.2, 0.25) is 5.02 Å². The van der Waals surface area contributed by atoms with E-state index in [4.69, 9.17) is 11.6 Å². The number of aromatic nitrogens is 1. The van der Waals surface area contributed by atoms with E-state index < -0.39 is 0 Å². The van der Waals surface area contributed by atoms with Gasteiger partial charge >= 0.3 is 0 Å². The summed E-state index contributed by atoms with van der Waals surface area (Å²) in [6.07, 6.45) is 0. The molecule has 3 aromatic rings. The number of carbonyl (C=O) groups excluding carboxylic acids is 1. The lowest BCUT2D eigenvalue weighted by molar-refractivity contribution is 0.101. The van der Waals surface area contributed by atoms with Gasteiger partial charge in [0, 0.05) is 28.7 Å². The van der Waals surface area contributed by atoms with Gasteiger partial charge in [0.25, 0.3) is 5.91 Å². The molecule has 0 aliphatic rings. The second-order valence-corrected chi connectivity index (χ2v) is 5.50. The summed E-state index contributed by atoms with van der Waals surface area (Å²) in [4.78, 5) is 12.5. The van der Waals surface area contributed by atoms with E-state index in [0.717, 1.165) is 22.2 Å². The maximum atomic E-state index is 12.5. The fraction of sp³-hybridized carbons (Fsp3) is 0.118. The number of benzene rings is 2. The van der Waals surface area contributed by atoms with Gasteiger partial charge in [0.2, 0.25) is 0 Å². The highest BCUT2D eigenvalue weighted by atomic mass is 35.5. The first kappa shape index (κ1) is 13.7. The summed E-state index contributed by atoms with van der Waals surface area (Å²) in [5.41, 5.74) is 3.37. The third kappa shape index (κ3) is 2.52. The molecule has 1 heterocycles. The first-order valence-electron chi connectivity index (χ1n) is 6.68. The fourth-order valence-electron chi connectivity index (χ4n) is 2.42. The van der Waals surface area contributed by atoms with Crippen molar-refractivity contribution in [3.05, 3.63) is 64.8 Å². The minimum Gasteiger partial charge on any atom is -0.340 e. The molecule has 106 valence electrons. The predicted octanol–water partition coefficient (Wildman–Crippen LogP) is 4.39. The van der Waals surface area contributed by atoms with Crippen LogP contribution in [-0.4, -0.2) is 10.5 Å². The van der Waals surface area contributed by atoms with Gasteiger partial charge in [0.05, 0.1) is 0 Å². The second kappa shape index (κ2) is 5.26. The van der Waals surface area contributed by atoms with Gasteiger partial charge in [-0.15, -0.1) is 0 Å². The Hall–Kier alpha value is -2.26. The van der Waals surface area contributed by atoms with Gasteiger partial charge in [0.15, 0.2) is 0 Å². The Kier molecular flexibility index (Phi) is 3.43. The van der Waals surface area contributed by atoms with E-state index in [0.29, 0.717) is 10.7 Å². The van der Waals surface area contributed by atoms with Crippen LogP contribution in [0.5, 0.6) is 0 Å². The van der Waals surface area contributed by atoms with Crippen molar-refractivity contribution in [3.63, 3.8) is 0 Å². The number of rotatable bonds is 2. The van der Waals surface area contributed by atoms with Crippen molar-refractivity contribution in [1.82, 2.24) is 4.57 Å². The molecular weight excluding hydrogens is 284 g/mol. The molecule has 0 radical (unpaired) electrons. The third-order valence-electron chi connectivity index (χ3n) is 3.63. The summed E-state index contributed by atoms with van der Waals surface area (Å²) in [6, 6.07) is 15.3. The lowest BCUT2D eigenvalue weighted by atomic mass is 10.2. The highest BCUT2D eigenvalue weighted by molar-refractivity contribution is 6.31. The van der Waals surface area contributed by atoms with E-state index in [1.54, 1.807) is 6.07 Å².